The molecule has 2 aromatic heterocycles. The molecule has 3 aromatic rings. The molecule has 4 heterocycles. The Morgan fingerprint density at radius 1 is 1.12 bits per heavy atom. The Hall–Kier alpha value is -3.61. The van der Waals surface area contributed by atoms with Crippen LogP contribution in [0.1, 0.15) is 65.9 Å². The molecule has 1 aromatic carbocycles. The third kappa shape index (κ3) is 7.81. The maximum atomic E-state index is 13.3. The zero-order valence-electron chi connectivity index (χ0n) is 24.3. The molecule has 11 nitrogen and oxygen atoms in total. The van der Waals surface area contributed by atoms with Gasteiger partial charge < -0.3 is 25.0 Å². The molecular formula is C30H39N7O4S. The predicted molar refractivity (Wildman–Crippen MR) is 162 cm³/mol. The van der Waals surface area contributed by atoms with Crippen LogP contribution < -0.4 is 20.3 Å². The number of hydrogen-bond donors (Lipinski definition) is 2. The number of rotatable bonds is 11. The van der Waals surface area contributed by atoms with E-state index in [9.17, 15) is 9.59 Å². The fraction of sp³-hybridized carbons (Fsp3) is 0.500. The molecule has 0 radical (unpaired) electrons. The molecule has 0 saturated carbocycles. The molecule has 12 heteroatoms. The number of amides is 2. The normalized spacial score (nSPS) is 18.0. The van der Waals surface area contributed by atoms with Gasteiger partial charge in [-0.1, -0.05) is 19.9 Å². The van der Waals surface area contributed by atoms with Gasteiger partial charge in [0.05, 0.1) is 24.0 Å². The highest BCUT2D eigenvalue weighted by atomic mass is 32.1. The number of carbonyl (C=O) groups excluding carboxylic acids is 2. The number of benzene rings is 1. The number of ether oxygens (including phenoxy) is 2. The van der Waals surface area contributed by atoms with Crippen molar-refractivity contribution in [2.24, 2.45) is 0 Å². The highest BCUT2D eigenvalue weighted by molar-refractivity contribution is 7.14. The number of hydrogen-bond acceptors (Lipinski definition) is 10. The molecule has 0 unspecified atom stereocenters. The molecule has 224 valence electrons. The van der Waals surface area contributed by atoms with Crippen LogP contribution in [0.15, 0.2) is 42.0 Å². The van der Waals surface area contributed by atoms with Crippen molar-refractivity contribution in [3.05, 3.63) is 58.9 Å². The number of morpholine rings is 1. The molecule has 0 spiro atoms. The number of carbonyl (C=O) groups is 2. The van der Waals surface area contributed by atoms with Crippen LogP contribution in [0.3, 0.4) is 0 Å². The number of nitrogens with zero attached hydrogens (tertiary/aromatic N) is 5. The van der Waals surface area contributed by atoms with Gasteiger partial charge >= 0.3 is 6.01 Å². The summed E-state index contributed by atoms with van der Waals surface area (Å²) < 4.78 is 11.7. The molecular weight excluding hydrogens is 554 g/mol. The van der Waals surface area contributed by atoms with Crippen molar-refractivity contribution in [1.29, 1.82) is 0 Å². The van der Waals surface area contributed by atoms with Crippen LogP contribution in [0.25, 0.3) is 0 Å². The number of nitrogens with one attached hydrogen (secondary N) is 2. The van der Waals surface area contributed by atoms with E-state index in [4.69, 9.17) is 9.47 Å². The standard InChI is InChI=1S/C30H39N7O4S/c1-3-10-31-27(38)24-17-21(18-36-15-16-40-22(4-2)19-36)6-7-25(24)34-28(39)26-20-42-30(35-26)37-13-8-23(9-14-37)41-29-32-11-5-12-33-29/h5-7,11-12,17,20,22-23H,3-4,8-10,13-16,18-19H2,1-2H3,(H,31,38)(H,34,39)/t22-/m1/s1. The maximum absolute atomic E-state index is 13.3. The van der Waals surface area contributed by atoms with Crippen LogP contribution in [-0.2, 0) is 11.3 Å². The second kappa shape index (κ2) is 14.5. The second-order valence-electron chi connectivity index (χ2n) is 10.6. The van der Waals surface area contributed by atoms with E-state index >= 15 is 0 Å². The maximum Gasteiger partial charge on any atom is 0.316 e. The fourth-order valence-corrected chi connectivity index (χ4v) is 5.97. The van der Waals surface area contributed by atoms with Gasteiger partial charge in [0.2, 0.25) is 0 Å². The Bertz CT molecular complexity index is 1330. The van der Waals surface area contributed by atoms with Crippen LogP contribution >= 0.6 is 11.3 Å². The lowest BCUT2D eigenvalue weighted by molar-refractivity contribution is -0.0324. The first-order valence-corrected chi connectivity index (χ1v) is 15.6. The molecule has 5 rings (SSSR count). The van der Waals surface area contributed by atoms with Gasteiger partial charge in [0.1, 0.15) is 11.8 Å². The molecule has 2 N–H and O–H groups in total. The monoisotopic (exact) mass is 593 g/mol. The molecule has 2 aliphatic rings. The van der Waals surface area contributed by atoms with Crippen molar-refractivity contribution in [3.8, 4) is 6.01 Å². The van der Waals surface area contributed by atoms with Crippen molar-refractivity contribution < 1.29 is 19.1 Å². The zero-order chi connectivity index (χ0) is 29.3. The Balaban J connectivity index is 1.22. The first-order valence-electron chi connectivity index (χ1n) is 14.7. The van der Waals surface area contributed by atoms with E-state index in [-0.39, 0.29) is 24.0 Å². The highest BCUT2D eigenvalue weighted by Gasteiger charge is 2.25. The quantitative estimate of drug-likeness (QED) is 0.340. The smallest absolute Gasteiger partial charge is 0.316 e. The molecule has 0 aliphatic carbocycles. The predicted octanol–water partition coefficient (Wildman–Crippen LogP) is 3.98. The third-order valence-corrected chi connectivity index (χ3v) is 8.35. The van der Waals surface area contributed by atoms with E-state index in [0.717, 1.165) is 69.1 Å². The van der Waals surface area contributed by atoms with Gasteiger partial charge in [-0.3, -0.25) is 14.5 Å². The van der Waals surface area contributed by atoms with Crippen LogP contribution in [0.2, 0.25) is 0 Å². The van der Waals surface area contributed by atoms with E-state index in [1.54, 1.807) is 23.8 Å². The number of thiazole rings is 1. The lowest BCUT2D eigenvalue weighted by Gasteiger charge is -2.32. The average Bonchev–Trinajstić information content (AvgIpc) is 3.52. The SMILES string of the molecule is CCCNC(=O)c1cc(CN2CCO[C@H](CC)C2)ccc1NC(=O)c1csc(N2CCC(Oc3ncccn3)CC2)n1. The van der Waals surface area contributed by atoms with Crippen molar-refractivity contribution >= 4 is 34.0 Å². The molecule has 2 amide bonds. The lowest BCUT2D eigenvalue weighted by atomic mass is 10.1. The molecule has 2 aliphatic heterocycles. The minimum Gasteiger partial charge on any atom is -0.460 e. The van der Waals surface area contributed by atoms with Gasteiger partial charge in [-0.05, 0) is 36.6 Å². The molecule has 42 heavy (non-hydrogen) atoms. The summed E-state index contributed by atoms with van der Waals surface area (Å²) in [6.45, 7) is 9.37. The fourth-order valence-electron chi connectivity index (χ4n) is 5.11. The second-order valence-corrected chi connectivity index (χ2v) is 11.4. The molecule has 1 atom stereocenters. The van der Waals surface area contributed by atoms with E-state index < -0.39 is 0 Å². The summed E-state index contributed by atoms with van der Waals surface area (Å²) in [5, 5.41) is 8.45. The zero-order valence-corrected chi connectivity index (χ0v) is 25.1. The minimum absolute atomic E-state index is 0.0444. The lowest BCUT2D eigenvalue weighted by Crippen LogP contribution is -2.41. The van der Waals surface area contributed by atoms with Crippen LogP contribution in [0, 0.1) is 0 Å². The summed E-state index contributed by atoms with van der Waals surface area (Å²) in [4.78, 5) is 43.8. The van der Waals surface area contributed by atoms with Crippen molar-refractivity contribution in [2.75, 3.05) is 49.5 Å². The largest absolute Gasteiger partial charge is 0.460 e. The van der Waals surface area contributed by atoms with Gasteiger partial charge in [0.15, 0.2) is 5.13 Å². The van der Waals surface area contributed by atoms with E-state index in [2.05, 4.69) is 42.3 Å². The summed E-state index contributed by atoms with van der Waals surface area (Å²) in [5.74, 6) is -0.541. The van der Waals surface area contributed by atoms with Crippen LogP contribution in [-0.4, -0.2) is 83.2 Å². The number of aromatic nitrogens is 3. The van der Waals surface area contributed by atoms with E-state index in [1.165, 1.54) is 11.3 Å². The molecule has 2 fully saturated rings. The summed E-state index contributed by atoms with van der Waals surface area (Å²) in [7, 11) is 0. The number of anilines is 2. The third-order valence-electron chi connectivity index (χ3n) is 7.45. The topological polar surface area (TPSA) is 122 Å². The molecule has 0 bridgehead atoms. The first kappa shape index (κ1) is 29.9. The van der Waals surface area contributed by atoms with E-state index in [1.807, 2.05) is 25.1 Å². The Kier molecular flexibility index (Phi) is 10.3. The summed E-state index contributed by atoms with van der Waals surface area (Å²) in [6, 6.07) is 7.83. The molecule has 2 saturated heterocycles. The van der Waals surface area contributed by atoms with Crippen molar-refractivity contribution in [3.63, 3.8) is 0 Å². The Labute approximate surface area is 250 Å². The Morgan fingerprint density at radius 3 is 2.69 bits per heavy atom. The summed E-state index contributed by atoms with van der Waals surface area (Å²) >= 11 is 1.44. The van der Waals surface area contributed by atoms with Crippen molar-refractivity contribution in [1.82, 2.24) is 25.2 Å². The summed E-state index contributed by atoms with van der Waals surface area (Å²) in [6.07, 6.45) is 7.03. The average molecular weight is 594 g/mol. The first-order chi connectivity index (χ1) is 20.5. The highest BCUT2D eigenvalue weighted by Crippen LogP contribution is 2.27. The van der Waals surface area contributed by atoms with Gasteiger partial charge in [0, 0.05) is 69.9 Å². The Morgan fingerprint density at radius 2 is 1.93 bits per heavy atom. The minimum atomic E-state index is -0.340. The van der Waals surface area contributed by atoms with Gasteiger partial charge in [0.25, 0.3) is 11.8 Å². The van der Waals surface area contributed by atoms with Crippen molar-refractivity contribution in [2.45, 2.75) is 58.3 Å². The number of piperidine rings is 1. The van der Waals surface area contributed by atoms with E-state index in [0.29, 0.717) is 36.1 Å². The summed E-state index contributed by atoms with van der Waals surface area (Å²) in [5.41, 5.74) is 2.28. The van der Waals surface area contributed by atoms with Crippen LogP contribution in [0.5, 0.6) is 6.01 Å². The van der Waals surface area contributed by atoms with Gasteiger partial charge in [-0.25, -0.2) is 15.0 Å². The van der Waals surface area contributed by atoms with Gasteiger partial charge in [-0.2, -0.15) is 0 Å². The van der Waals surface area contributed by atoms with Gasteiger partial charge in [-0.15, -0.1) is 11.3 Å². The van der Waals surface area contributed by atoms with Crippen LogP contribution in [0.4, 0.5) is 10.8 Å².